The van der Waals surface area contributed by atoms with Crippen LogP contribution in [0, 0.1) is 0 Å². The summed E-state index contributed by atoms with van der Waals surface area (Å²) in [6.45, 7) is 2.14. The van der Waals surface area contributed by atoms with E-state index < -0.39 is 0 Å². The van der Waals surface area contributed by atoms with Crippen molar-refractivity contribution in [3.05, 3.63) is 47.7 Å². The summed E-state index contributed by atoms with van der Waals surface area (Å²) in [5.74, 6) is -0.0190. The van der Waals surface area contributed by atoms with Crippen molar-refractivity contribution in [2.75, 3.05) is 33.2 Å². The van der Waals surface area contributed by atoms with Crippen molar-refractivity contribution in [1.29, 1.82) is 0 Å². The quantitative estimate of drug-likeness (QED) is 0.782. The molecule has 112 valence electrons. The van der Waals surface area contributed by atoms with Gasteiger partial charge in [0.25, 0.3) is 0 Å². The van der Waals surface area contributed by atoms with E-state index in [0.717, 1.165) is 18.7 Å². The number of carbonyl (C=O) groups excluding carboxylic acids is 2. The van der Waals surface area contributed by atoms with Crippen LogP contribution < -0.4 is 5.32 Å². The molecule has 2 aliphatic heterocycles. The maximum Gasteiger partial charge on any atom is 0.242 e. The van der Waals surface area contributed by atoms with Gasteiger partial charge in [0.1, 0.15) is 0 Å². The highest BCUT2D eigenvalue weighted by Gasteiger charge is 2.22. The second-order valence-electron chi connectivity index (χ2n) is 5.14. The largest absolute Gasteiger partial charge is 0.383 e. The van der Waals surface area contributed by atoms with Gasteiger partial charge in [-0.05, 0) is 12.0 Å². The van der Waals surface area contributed by atoms with E-state index in [1.54, 1.807) is 11.9 Å². The minimum Gasteiger partial charge on any atom is -0.383 e. The summed E-state index contributed by atoms with van der Waals surface area (Å²) in [6.07, 6.45) is 13.7. The molecule has 5 nitrogen and oxygen atoms in total. The zero-order valence-corrected chi connectivity index (χ0v) is 12.3. The molecule has 2 aliphatic rings. The van der Waals surface area contributed by atoms with E-state index in [9.17, 15) is 9.59 Å². The molecule has 0 aliphatic carbocycles. The van der Waals surface area contributed by atoms with E-state index in [1.165, 1.54) is 10.5 Å². The molecule has 5 heteroatoms. The number of nitrogens with zero attached hydrogens (tertiary/aromatic N) is 2. The first-order valence-electron chi connectivity index (χ1n) is 7.10. The van der Waals surface area contributed by atoms with Crippen molar-refractivity contribution in [2.24, 2.45) is 0 Å². The number of carbonyl (C=O) groups is 2. The molecule has 2 rings (SSSR count). The average molecular weight is 287 g/mol. The highest BCUT2D eigenvalue weighted by molar-refractivity contribution is 5.80. The van der Waals surface area contributed by atoms with Crippen molar-refractivity contribution >= 4 is 12.3 Å². The molecular weight excluding hydrogens is 266 g/mol. The Bertz CT molecular complexity index is 518. The predicted octanol–water partition coefficient (Wildman–Crippen LogP) is 0.833. The summed E-state index contributed by atoms with van der Waals surface area (Å²) >= 11 is 0. The molecule has 21 heavy (non-hydrogen) atoms. The third-order valence-corrected chi connectivity index (χ3v) is 3.51. The van der Waals surface area contributed by atoms with Crippen LogP contribution in [0.15, 0.2) is 47.7 Å². The van der Waals surface area contributed by atoms with Gasteiger partial charge in [-0.3, -0.25) is 9.59 Å². The molecule has 0 unspecified atom stereocenters. The van der Waals surface area contributed by atoms with Gasteiger partial charge in [-0.2, -0.15) is 0 Å². The maximum atomic E-state index is 12.2. The fourth-order valence-corrected chi connectivity index (χ4v) is 2.32. The lowest BCUT2D eigenvalue weighted by Crippen LogP contribution is -2.44. The smallest absolute Gasteiger partial charge is 0.242 e. The number of hydrogen-bond donors (Lipinski definition) is 1. The van der Waals surface area contributed by atoms with E-state index in [1.807, 2.05) is 30.4 Å². The zero-order valence-electron chi connectivity index (χ0n) is 12.3. The molecule has 0 saturated carbocycles. The number of rotatable bonds is 3. The second-order valence-corrected chi connectivity index (χ2v) is 5.14. The lowest BCUT2D eigenvalue weighted by Gasteiger charge is -2.31. The maximum absolute atomic E-state index is 12.2. The van der Waals surface area contributed by atoms with Gasteiger partial charge >= 0.3 is 0 Å². The third kappa shape index (κ3) is 4.34. The fourth-order valence-electron chi connectivity index (χ4n) is 2.32. The Morgan fingerprint density at radius 3 is 3.00 bits per heavy atom. The topological polar surface area (TPSA) is 52.7 Å². The number of amides is 2. The minimum atomic E-state index is -0.0190. The fraction of sp³-hybridized carbons (Fsp3) is 0.375. The van der Waals surface area contributed by atoms with E-state index >= 15 is 0 Å². The summed E-state index contributed by atoms with van der Waals surface area (Å²) in [4.78, 5) is 25.9. The Morgan fingerprint density at radius 2 is 2.19 bits per heavy atom. The van der Waals surface area contributed by atoms with Crippen molar-refractivity contribution < 1.29 is 9.59 Å². The second kappa shape index (κ2) is 7.47. The molecule has 0 aromatic rings. The van der Waals surface area contributed by atoms with Gasteiger partial charge in [-0.15, -0.1) is 0 Å². The predicted molar refractivity (Wildman–Crippen MR) is 82.3 cm³/mol. The van der Waals surface area contributed by atoms with Crippen molar-refractivity contribution in [2.45, 2.75) is 6.42 Å². The van der Waals surface area contributed by atoms with E-state index in [4.69, 9.17) is 0 Å². The van der Waals surface area contributed by atoms with Crippen LogP contribution in [0.4, 0.5) is 0 Å². The van der Waals surface area contributed by atoms with Gasteiger partial charge in [0.05, 0.1) is 13.1 Å². The Hall–Kier alpha value is -2.30. The summed E-state index contributed by atoms with van der Waals surface area (Å²) in [7, 11) is 1.61. The molecule has 0 atom stereocenters. The molecule has 0 spiro atoms. The molecule has 0 aromatic carbocycles. The monoisotopic (exact) mass is 287 g/mol. The first kappa shape index (κ1) is 15.1. The number of allylic oxidation sites excluding steroid dienone is 5. The van der Waals surface area contributed by atoms with Crippen molar-refractivity contribution in [3.8, 4) is 0 Å². The molecule has 0 saturated heterocycles. The molecular formula is C16H21N3O2. The molecule has 0 bridgehead atoms. The normalized spacial score (nSPS) is 22.6. The average Bonchev–Trinajstić information content (AvgIpc) is 2.51. The van der Waals surface area contributed by atoms with Gasteiger partial charge in [-0.1, -0.05) is 36.5 Å². The van der Waals surface area contributed by atoms with Crippen LogP contribution in [0.3, 0.4) is 0 Å². The van der Waals surface area contributed by atoms with Gasteiger partial charge in [0, 0.05) is 25.8 Å². The van der Waals surface area contributed by atoms with Crippen LogP contribution in [0.5, 0.6) is 0 Å². The van der Waals surface area contributed by atoms with Crippen LogP contribution in [0.2, 0.25) is 0 Å². The Kier molecular flexibility index (Phi) is 5.37. The van der Waals surface area contributed by atoms with Crippen LogP contribution >= 0.6 is 0 Å². The summed E-state index contributed by atoms with van der Waals surface area (Å²) < 4.78 is 0. The van der Waals surface area contributed by atoms with Gasteiger partial charge in [-0.25, -0.2) is 0 Å². The summed E-state index contributed by atoms with van der Waals surface area (Å²) in [5, 5.41) is 3.37. The molecule has 2 amide bonds. The summed E-state index contributed by atoms with van der Waals surface area (Å²) in [5.41, 5.74) is 2.32. The SMILES string of the molecule is CN(C=O)CC(=O)N1CCC2=C(C1)NC/C=C/C=C\C=C\2. The van der Waals surface area contributed by atoms with E-state index in [0.29, 0.717) is 19.5 Å². The minimum absolute atomic E-state index is 0.0190. The zero-order chi connectivity index (χ0) is 15.1. The number of likely N-dealkylation sites (N-methyl/N-ethyl adjacent to an activating group) is 1. The highest BCUT2D eigenvalue weighted by atomic mass is 16.2. The Morgan fingerprint density at radius 1 is 1.38 bits per heavy atom. The van der Waals surface area contributed by atoms with Gasteiger partial charge in [0.15, 0.2) is 0 Å². The molecule has 0 radical (unpaired) electrons. The Balaban J connectivity index is 2.07. The third-order valence-electron chi connectivity index (χ3n) is 3.51. The molecule has 0 aromatic heterocycles. The highest BCUT2D eigenvalue weighted by Crippen LogP contribution is 2.18. The molecule has 2 heterocycles. The van der Waals surface area contributed by atoms with E-state index in [2.05, 4.69) is 11.4 Å². The van der Waals surface area contributed by atoms with Crippen LogP contribution in [-0.4, -0.2) is 55.3 Å². The van der Waals surface area contributed by atoms with Gasteiger partial charge in [0.2, 0.25) is 12.3 Å². The van der Waals surface area contributed by atoms with Gasteiger partial charge < -0.3 is 15.1 Å². The lowest BCUT2D eigenvalue weighted by molar-refractivity contribution is -0.134. The molecule has 0 fully saturated rings. The lowest BCUT2D eigenvalue weighted by atomic mass is 10.0. The number of hydrogen-bond acceptors (Lipinski definition) is 3. The standard InChI is InChI=1S/C16H21N3O2/c1-18(13-20)12-16(21)19-10-8-14-7-5-3-2-4-6-9-17-15(14)11-19/h2-7,13,17H,8-12H2,1H3/b3-2-,6-4+,7-5+. The van der Waals surface area contributed by atoms with Crippen molar-refractivity contribution in [1.82, 2.24) is 15.1 Å². The number of nitrogens with one attached hydrogen (secondary N) is 1. The first-order chi connectivity index (χ1) is 10.2. The Labute approximate surface area is 125 Å². The van der Waals surface area contributed by atoms with Crippen molar-refractivity contribution in [3.63, 3.8) is 0 Å². The van der Waals surface area contributed by atoms with Crippen LogP contribution in [-0.2, 0) is 9.59 Å². The van der Waals surface area contributed by atoms with Crippen LogP contribution in [0.25, 0.3) is 0 Å². The molecule has 1 N–H and O–H groups in total. The van der Waals surface area contributed by atoms with Crippen LogP contribution in [0.1, 0.15) is 6.42 Å². The first-order valence-corrected chi connectivity index (χ1v) is 7.10. The van der Waals surface area contributed by atoms with E-state index in [-0.39, 0.29) is 12.5 Å². The summed E-state index contributed by atoms with van der Waals surface area (Å²) in [6, 6.07) is 0.